The Morgan fingerprint density at radius 3 is 2.34 bits per heavy atom. The van der Waals surface area contributed by atoms with E-state index in [1.165, 1.54) is 6.92 Å². The molecule has 170 valence electrons. The molecule has 0 aromatic rings. The Balaban J connectivity index is 2.79. The normalized spacial score (nSPS) is 22.6. The minimum atomic E-state index is -4.36. The number of hydrogen-bond donors (Lipinski definition) is 6. The third-order valence-corrected chi connectivity index (χ3v) is 6.19. The van der Waals surface area contributed by atoms with E-state index in [0.717, 1.165) is 45.2 Å². The second-order valence-electron chi connectivity index (χ2n) is 8.27. The van der Waals surface area contributed by atoms with Crippen molar-refractivity contribution in [2.45, 2.75) is 83.6 Å². The third-order valence-electron chi connectivity index (χ3n) is 5.03. The van der Waals surface area contributed by atoms with Crippen LogP contribution in [0.15, 0.2) is 0 Å². The van der Waals surface area contributed by atoms with Crippen LogP contribution in [-0.2, 0) is 14.2 Å². The van der Waals surface area contributed by atoms with Gasteiger partial charge in [0.15, 0.2) is 0 Å². The van der Waals surface area contributed by atoms with Crippen molar-refractivity contribution in [3.8, 4) is 0 Å². The van der Waals surface area contributed by atoms with E-state index in [2.05, 4.69) is 21.3 Å². The molecule has 0 unspecified atom stereocenters. The molecule has 1 rings (SSSR count). The topological polar surface area (TPSA) is 140 Å². The quantitative estimate of drug-likeness (QED) is 0.329. The van der Waals surface area contributed by atoms with E-state index < -0.39 is 31.4 Å². The smallest absolute Gasteiger partial charge is 0.342 e. The number of carbonyl (C=O) groups is 2. The van der Waals surface area contributed by atoms with Gasteiger partial charge in [-0.1, -0.05) is 20.3 Å². The number of carbonyl (C=O) groups excluding carboxylic acids is 2. The molecule has 0 saturated carbocycles. The van der Waals surface area contributed by atoms with Crippen LogP contribution in [0.2, 0.25) is 0 Å². The van der Waals surface area contributed by atoms with Gasteiger partial charge >= 0.3 is 7.60 Å². The Kier molecular flexibility index (Phi) is 12.0. The van der Waals surface area contributed by atoms with Crippen molar-refractivity contribution in [3.05, 3.63) is 0 Å². The summed E-state index contributed by atoms with van der Waals surface area (Å²) in [5.74, 6) is -1.60. The van der Waals surface area contributed by atoms with Crippen molar-refractivity contribution in [2.75, 3.05) is 19.6 Å². The molecule has 1 fully saturated rings. The number of nitrogens with one attached hydrogen (secondary N) is 4. The van der Waals surface area contributed by atoms with E-state index in [1.54, 1.807) is 0 Å². The Bertz CT molecular complexity index is 555. The van der Waals surface area contributed by atoms with Crippen molar-refractivity contribution >= 4 is 19.4 Å². The lowest BCUT2D eigenvalue weighted by molar-refractivity contribution is -0.130. The first-order chi connectivity index (χ1) is 13.6. The molecular weight excluding hydrogens is 395 g/mol. The van der Waals surface area contributed by atoms with Gasteiger partial charge in [0.05, 0.1) is 6.04 Å². The summed E-state index contributed by atoms with van der Waals surface area (Å²) in [4.78, 5) is 44.2. The van der Waals surface area contributed by atoms with E-state index >= 15 is 0 Å². The predicted octanol–water partition coefficient (Wildman–Crippen LogP) is 1.06. The van der Waals surface area contributed by atoms with Gasteiger partial charge in [-0.25, -0.2) is 0 Å². The molecule has 0 aromatic carbocycles. The summed E-state index contributed by atoms with van der Waals surface area (Å²) < 4.78 is 11.5. The molecule has 0 bridgehead atoms. The Labute approximate surface area is 174 Å². The maximum absolute atomic E-state index is 12.9. The van der Waals surface area contributed by atoms with Gasteiger partial charge in [-0.2, -0.15) is 0 Å². The Hall–Kier alpha value is -0.990. The highest BCUT2D eigenvalue weighted by Crippen LogP contribution is 2.39. The van der Waals surface area contributed by atoms with E-state index in [0.29, 0.717) is 19.4 Å². The summed E-state index contributed by atoms with van der Waals surface area (Å²) in [6.07, 6.45) is 5.66. The maximum Gasteiger partial charge on any atom is 0.342 e. The van der Waals surface area contributed by atoms with E-state index in [9.17, 15) is 23.9 Å². The highest BCUT2D eigenvalue weighted by molar-refractivity contribution is 7.52. The fraction of sp³-hybridized carbons (Fsp3) is 0.895. The molecule has 2 amide bonds. The largest absolute Gasteiger partial charge is 0.354 e. The predicted molar refractivity (Wildman–Crippen MR) is 113 cm³/mol. The van der Waals surface area contributed by atoms with Crippen LogP contribution in [0.5, 0.6) is 0 Å². The minimum absolute atomic E-state index is 0.141. The van der Waals surface area contributed by atoms with Crippen LogP contribution in [0, 0.1) is 5.92 Å². The molecule has 29 heavy (non-hydrogen) atoms. The number of rotatable bonds is 7. The van der Waals surface area contributed by atoms with Gasteiger partial charge in [-0.15, -0.1) is 0 Å². The van der Waals surface area contributed by atoms with Gasteiger partial charge in [0.2, 0.25) is 11.8 Å². The SMILES string of the molecule is CC(C)C[C@H](N[C@H](C)P(=O)(O)O)C(=O)N[C@H]1CCCCNCCCCCNC1=O. The number of hydrogen-bond acceptors (Lipinski definition) is 5. The molecule has 1 saturated heterocycles. The molecule has 1 aliphatic rings. The molecule has 0 aliphatic carbocycles. The zero-order chi connectivity index (χ0) is 21.9. The third kappa shape index (κ3) is 11.1. The number of amides is 2. The summed E-state index contributed by atoms with van der Waals surface area (Å²) >= 11 is 0. The first kappa shape index (κ1) is 26.0. The average molecular weight is 435 g/mol. The van der Waals surface area contributed by atoms with Crippen molar-refractivity contribution < 1.29 is 23.9 Å². The zero-order valence-electron chi connectivity index (χ0n) is 17.9. The average Bonchev–Trinajstić information content (AvgIpc) is 2.64. The molecule has 6 N–H and O–H groups in total. The molecule has 3 atom stereocenters. The van der Waals surface area contributed by atoms with E-state index in [4.69, 9.17) is 0 Å². The first-order valence-electron chi connectivity index (χ1n) is 10.7. The van der Waals surface area contributed by atoms with Gasteiger partial charge in [0.25, 0.3) is 0 Å². The van der Waals surface area contributed by atoms with Crippen molar-refractivity contribution in [2.24, 2.45) is 5.92 Å². The second kappa shape index (κ2) is 13.3. The van der Waals surface area contributed by atoms with Crippen LogP contribution in [0.3, 0.4) is 0 Å². The van der Waals surface area contributed by atoms with Crippen molar-refractivity contribution in [1.82, 2.24) is 21.3 Å². The summed E-state index contributed by atoms with van der Waals surface area (Å²) in [6, 6.07) is -1.43. The summed E-state index contributed by atoms with van der Waals surface area (Å²) in [5.41, 5.74) is 0. The fourth-order valence-electron chi connectivity index (χ4n) is 3.26. The zero-order valence-corrected chi connectivity index (χ0v) is 18.8. The lowest BCUT2D eigenvalue weighted by Crippen LogP contribution is -2.54. The van der Waals surface area contributed by atoms with Gasteiger partial charge in [0, 0.05) is 6.54 Å². The van der Waals surface area contributed by atoms with Gasteiger partial charge in [-0.3, -0.25) is 19.5 Å². The lowest BCUT2D eigenvalue weighted by Gasteiger charge is -2.27. The van der Waals surface area contributed by atoms with Crippen LogP contribution in [0.1, 0.15) is 65.7 Å². The molecule has 0 aromatic heterocycles. The molecule has 0 radical (unpaired) electrons. The van der Waals surface area contributed by atoms with E-state index in [-0.39, 0.29) is 11.8 Å². The van der Waals surface area contributed by atoms with Crippen LogP contribution in [0.25, 0.3) is 0 Å². The lowest BCUT2D eigenvalue weighted by atomic mass is 10.0. The monoisotopic (exact) mass is 434 g/mol. The van der Waals surface area contributed by atoms with E-state index in [1.807, 2.05) is 13.8 Å². The summed E-state index contributed by atoms with van der Waals surface area (Å²) in [5, 5.41) is 11.9. The van der Waals surface area contributed by atoms with Crippen LogP contribution >= 0.6 is 7.60 Å². The standard InChI is InChI=1S/C19H39N4O5P/c1-14(2)13-17(22-15(3)29(26,27)28)19(25)23-16-9-5-8-11-20-10-6-4-7-12-21-18(16)24/h14-17,20,22H,4-13H2,1-3H3,(H,21,24)(H,23,25)(H2,26,27,28)/t15-,16-,17-/m0/s1. The summed E-state index contributed by atoms with van der Waals surface area (Å²) in [6.45, 7) is 7.67. The van der Waals surface area contributed by atoms with Gasteiger partial charge in [0.1, 0.15) is 11.8 Å². The highest BCUT2D eigenvalue weighted by atomic mass is 31.2. The Morgan fingerprint density at radius 2 is 1.72 bits per heavy atom. The first-order valence-corrected chi connectivity index (χ1v) is 12.4. The molecule has 0 spiro atoms. The summed E-state index contributed by atoms with van der Waals surface area (Å²) in [7, 11) is -4.36. The van der Waals surface area contributed by atoms with Crippen molar-refractivity contribution in [3.63, 3.8) is 0 Å². The van der Waals surface area contributed by atoms with Crippen LogP contribution in [0.4, 0.5) is 0 Å². The van der Waals surface area contributed by atoms with Crippen molar-refractivity contribution in [1.29, 1.82) is 0 Å². The van der Waals surface area contributed by atoms with Crippen LogP contribution < -0.4 is 21.3 Å². The highest BCUT2D eigenvalue weighted by Gasteiger charge is 2.31. The van der Waals surface area contributed by atoms with Gasteiger partial charge < -0.3 is 25.7 Å². The molecule has 1 aliphatic heterocycles. The molecule has 10 heteroatoms. The molecular formula is C19H39N4O5P. The second-order valence-corrected chi connectivity index (χ2v) is 10.2. The fourth-order valence-corrected chi connectivity index (χ4v) is 3.64. The molecule has 9 nitrogen and oxygen atoms in total. The minimum Gasteiger partial charge on any atom is -0.354 e. The van der Waals surface area contributed by atoms with Crippen LogP contribution in [-0.4, -0.2) is 59.1 Å². The molecule has 1 heterocycles. The maximum atomic E-state index is 12.9. The van der Waals surface area contributed by atoms with Gasteiger partial charge in [-0.05, 0) is 64.5 Å². The Morgan fingerprint density at radius 1 is 1.10 bits per heavy atom.